The standard InChI is InChI=1S/C14H8N4O4S/c15-16-17-23(21,22)10-7-5-9(6-8-10)18-13(19)11-3-1-2-4-12(11)14(18)20/h1-8H. The van der Waals surface area contributed by atoms with Gasteiger partial charge in [0, 0.05) is 9.43 Å². The van der Waals surface area contributed by atoms with Crippen LogP contribution in [0.5, 0.6) is 0 Å². The molecule has 2 aromatic rings. The lowest BCUT2D eigenvalue weighted by Gasteiger charge is -2.14. The zero-order valence-corrected chi connectivity index (χ0v) is 12.3. The molecule has 2 amide bonds. The average molecular weight is 328 g/mol. The van der Waals surface area contributed by atoms with Gasteiger partial charge in [-0.15, -0.1) is 0 Å². The number of azide groups is 1. The molecule has 3 rings (SSSR count). The number of anilines is 1. The van der Waals surface area contributed by atoms with Crippen molar-refractivity contribution in [1.82, 2.24) is 0 Å². The van der Waals surface area contributed by atoms with Gasteiger partial charge in [-0.1, -0.05) is 12.1 Å². The molecular formula is C14H8N4O4S. The van der Waals surface area contributed by atoms with Gasteiger partial charge in [0.2, 0.25) is 0 Å². The van der Waals surface area contributed by atoms with Crippen LogP contribution >= 0.6 is 0 Å². The normalized spacial score (nSPS) is 13.7. The summed E-state index contributed by atoms with van der Waals surface area (Å²) in [5, 5.41) is 0. The van der Waals surface area contributed by atoms with E-state index in [4.69, 9.17) is 5.53 Å². The van der Waals surface area contributed by atoms with Gasteiger partial charge in [-0.05, 0) is 41.9 Å². The Bertz CT molecular complexity index is 941. The zero-order valence-electron chi connectivity index (χ0n) is 11.4. The average Bonchev–Trinajstić information content (AvgIpc) is 2.79. The highest BCUT2D eigenvalue weighted by molar-refractivity contribution is 7.90. The van der Waals surface area contributed by atoms with Crippen molar-refractivity contribution in [3.05, 3.63) is 70.1 Å². The van der Waals surface area contributed by atoms with Crippen molar-refractivity contribution < 1.29 is 18.0 Å². The number of rotatable bonds is 3. The summed E-state index contributed by atoms with van der Waals surface area (Å²) in [5.41, 5.74) is 9.06. The summed E-state index contributed by atoms with van der Waals surface area (Å²) in [6, 6.07) is 11.4. The van der Waals surface area contributed by atoms with Crippen molar-refractivity contribution in [3.8, 4) is 0 Å². The topological polar surface area (TPSA) is 120 Å². The molecule has 114 valence electrons. The Kier molecular flexibility index (Phi) is 3.36. The van der Waals surface area contributed by atoms with Crippen molar-refractivity contribution in [3.63, 3.8) is 0 Å². The summed E-state index contributed by atoms with van der Waals surface area (Å²) >= 11 is 0. The van der Waals surface area contributed by atoms with Gasteiger partial charge >= 0.3 is 0 Å². The molecule has 0 fully saturated rings. The SMILES string of the molecule is [N-]=[N+]=NS(=O)(=O)c1ccc(N2C(=O)c3ccccc3C2=O)cc1. The lowest BCUT2D eigenvalue weighted by atomic mass is 10.1. The first kappa shape index (κ1) is 14.8. The van der Waals surface area contributed by atoms with E-state index in [1.54, 1.807) is 24.3 Å². The molecule has 1 aliphatic heterocycles. The number of nitrogens with zero attached hydrogens (tertiary/aromatic N) is 4. The van der Waals surface area contributed by atoms with Crippen molar-refractivity contribution >= 4 is 27.5 Å². The van der Waals surface area contributed by atoms with E-state index >= 15 is 0 Å². The zero-order chi connectivity index (χ0) is 16.6. The molecule has 0 spiro atoms. The van der Waals surface area contributed by atoms with Crippen LogP contribution in [0.2, 0.25) is 0 Å². The third-order valence-corrected chi connectivity index (χ3v) is 4.49. The number of amides is 2. The quantitative estimate of drug-likeness (QED) is 0.372. The van der Waals surface area contributed by atoms with E-state index < -0.39 is 21.8 Å². The van der Waals surface area contributed by atoms with Crippen LogP contribution in [0, 0.1) is 0 Å². The molecule has 0 bridgehead atoms. The van der Waals surface area contributed by atoms with Gasteiger partial charge < -0.3 is 0 Å². The van der Waals surface area contributed by atoms with Crippen molar-refractivity contribution in [2.75, 3.05) is 4.90 Å². The summed E-state index contributed by atoms with van der Waals surface area (Å²) < 4.78 is 25.9. The lowest BCUT2D eigenvalue weighted by Crippen LogP contribution is -2.29. The minimum atomic E-state index is -4.11. The largest absolute Gasteiger partial charge is 0.268 e. The highest BCUT2D eigenvalue weighted by Crippen LogP contribution is 2.29. The van der Waals surface area contributed by atoms with Crippen LogP contribution in [0.3, 0.4) is 0 Å². The summed E-state index contributed by atoms with van der Waals surface area (Å²) in [5.74, 6) is -0.951. The fourth-order valence-electron chi connectivity index (χ4n) is 2.29. The monoisotopic (exact) mass is 328 g/mol. The second-order valence-corrected chi connectivity index (χ2v) is 6.22. The molecule has 0 saturated heterocycles. The molecule has 2 aromatic carbocycles. The van der Waals surface area contributed by atoms with E-state index in [-0.39, 0.29) is 10.6 Å². The highest BCUT2D eigenvalue weighted by atomic mass is 32.2. The Morgan fingerprint density at radius 1 is 0.913 bits per heavy atom. The Morgan fingerprint density at radius 2 is 1.43 bits per heavy atom. The highest BCUT2D eigenvalue weighted by Gasteiger charge is 2.36. The summed E-state index contributed by atoms with van der Waals surface area (Å²) in [6.07, 6.45) is 0. The maximum absolute atomic E-state index is 12.3. The van der Waals surface area contributed by atoms with E-state index in [1.807, 2.05) is 0 Å². The van der Waals surface area contributed by atoms with Crippen LogP contribution in [0.25, 0.3) is 10.4 Å². The van der Waals surface area contributed by atoms with Gasteiger partial charge in [-0.2, -0.15) is 0 Å². The molecule has 23 heavy (non-hydrogen) atoms. The predicted octanol–water partition coefficient (Wildman–Crippen LogP) is 2.49. The molecule has 8 nitrogen and oxygen atoms in total. The number of carbonyl (C=O) groups excluding carboxylic acids is 2. The third kappa shape index (κ3) is 2.33. The molecule has 9 heteroatoms. The van der Waals surface area contributed by atoms with Gasteiger partial charge in [0.1, 0.15) is 0 Å². The Morgan fingerprint density at radius 3 is 1.91 bits per heavy atom. The fraction of sp³-hybridized carbons (Fsp3) is 0. The van der Waals surface area contributed by atoms with E-state index in [2.05, 4.69) is 9.43 Å². The second kappa shape index (κ2) is 5.24. The van der Waals surface area contributed by atoms with Gasteiger partial charge in [-0.25, -0.2) is 13.3 Å². The minimum absolute atomic E-state index is 0.226. The van der Waals surface area contributed by atoms with Gasteiger partial charge in [0.25, 0.3) is 21.8 Å². The van der Waals surface area contributed by atoms with E-state index in [1.165, 1.54) is 24.3 Å². The van der Waals surface area contributed by atoms with Crippen molar-refractivity contribution in [1.29, 1.82) is 0 Å². The predicted molar refractivity (Wildman–Crippen MR) is 80.4 cm³/mol. The minimum Gasteiger partial charge on any atom is -0.268 e. The Labute approximate surface area is 130 Å². The van der Waals surface area contributed by atoms with Crippen LogP contribution in [0.1, 0.15) is 20.7 Å². The molecule has 1 aliphatic rings. The molecular weight excluding hydrogens is 320 g/mol. The van der Waals surface area contributed by atoms with Crippen molar-refractivity contribution in [2.24, 2.45) is 4.52 Å². The van der Waals surface area contributed by atoms with E-state index in [0.717, 1.165) is 4.90 Å². The number of imide groups is 1. The first-order chi connectivity index (χ1) is 11.0. The molecule has 0 atom stereocenters. The molecule has 0 saturated carbocycles. The maximum atomic E-state index is 12.3. The second-order valence-electron chi connectivity index (χ2n) is 4.63. The first-order valence-electron chi connectivity index (χ1n) is 6.35. The van der Waals surface area contributed by atoms with Crippen LogP contribution in [-0.4, -0.2) is 20.2 Å². The smallest absolute Gasteiger partial charge is 0.266 e. The number of fused-ring (bicyclic) bond motifs is 1. The number of hydrogen-bond acceptors (Lipinski definition) is 4. The first-order valence-corrected chi connectivity index (χ1v) is 7.79. The number of carbonyl (C=O) groups is 2. The maximum Gasteiger partial charge on any atom is 0.266 e. The van der Waals surface area contributed by atoms with Crippen LogP contribution in [0.4, 0.5) is 5.69 Å². The number of hydrogen-bond donors (Lipinski definition) is 0. The van der Waals surface area contributed by atoms with Gasteiger partial charge in [-0.3, -0.25) is 9.59 Å². The van der Waals surface area contributed by atoms with Crippen LogP contribution in [-0.2, 0) is 10.0 Å². The van der Waals surface area contributed by atoms with E-state index in [0.29, 0.717) is 11.1 Å². The Hall–Kier alpha value is -3.16. The third-order valence-electron chi connectivity index (χ3n) is 3.33. The summed E-state index contributed by atoms with van der Waals surface area (Å²) in [6.45, 7) is 0. The molecule has 0 unspecified atom stereocenters. The lowest BCUT2D eigenvalue weighted by molar-refractivity contribution is 0.0926. The molecule has 0 aliphatic carbocycles. The van der Waals surface area contributed by atoms with Gasteiger partial charge in [0.15, 0.2) is 0 Å². The summed E-state index contributed by atoms with van der Waals surface area (Å²) in [4.78, 5) is 27.6. The fourth-order valence-corrected chi connectivity index (χ4v) is 2.96. The van der Waals surface area contributed by atoms with Crippen LogP contribution in [0.15, 0.2) is 57.9 Å². The van der Waals surface area contributed by atoms with E-state index in [9.17, 15) is 18.0 Å². The molecule has 0 aromatic heterocycles. The van der Waals surface area contributed by atoms with Crippen LogP contribution < -0.4 is 4.90 Å². The molecule has 0 radical (unpaired) electrons. The summed E-state index contributed by atoms with van der Waals surface area (Å²) in [7, 11) is -4.11. The molecule has 0 N–H and O–H groups in total. The number of sulfonamides is 1. The Balaban J connectivity index is 2.00. The van der Waals surface area contributed by atoms with Crippen molar-refractivity contribution in [2.45, 2.75) is 4.90 Å². The molecule has 1 heterocycles. The van der Waals surface area contributed by atoms with Gasteiger partial charge in [0.05, 0.1) is 21.7 Å². The number of benzene rings is 2.